The lowest BCUT2D eigenvalue weighted by Gasteiger charge is -2.46. The molecule has 5 nitrogen and oxygen atoms in total. The number of carbonyl (C=O) groups is 2. The number of hydrogen-bond acceptors (Lipinski definition) is 5. The van der Waals surface area contributed by atoms with Crippen LogP contribution in [0.3, 0.4) is 0 Å². The number of carbonyl (C=O) groups excluding carboxylic acids is 2. The third-order valence-electron chi connectivity index (χ3n) is 7.79. The number of nitriles is 1. The Morgan fingerprint density at radius 3 is 2.46 bits per heavy atom. The van der Waals surface area contributed by atoms with Crippen LogP contribution in [0.2, 0.25) is 0 Å². The monoisotopic (exact) mass is 361 g/mol. The van der Waals surface area contributed by atoms with Crippen molar-refractivity contribution in [1.29, 1.82) is 5.26 Å². The van der Waals surface area contributed by atoms with Crippen LogP contribution in [0.5, 0.6) is 0 Å². The summed E-state index contributed by atoms with van der Waals surface area (Å²) < 4.78 is 11.6. The van der Waals surface area contributed by atoms with Crippen molar-refractivity contribution >= 4 is 11.9 Å². The second kappa shape index (κ2) is 5.97. The van der Waals surface area contributed by atoms with E-state index in [0.29, 0.717) is 6.42 Å². The summed E-state index contributed by atoms with van der Waals surface area (Å²) in [7, 11) is 0. The predicted molar refractivity (Wildman–Crippen MR) is 95.7 cm³/mol. The van der Waals surface area contributed by atoms with E-state index in [0.717, 1.165) is 19.3 Å². The molecule has 1 aliphatic heterocycles. The van der Waals surface area contributed by atoms with Crippen molar-refractivity contribution < 1.29 is 19.1 Å². The van der Waals surface area contributed by atoms with Crippen molar-refractivity contribution in [3.63, 3.8) is 0 Å². The molecule has 0 amide bonds. The molecule has 0 N–H and O–H groups in total. The third kappa shape index (κ3) is 2.27. The molecule has 0 aromatic carbocycles. The van der Waals surface area contributed by atoms with Crippen LogP contribution >= 0.6 is 0 Å². The molecule has 0 aromatic rings. The van der Waals surface area contributed by atoms with Gasteiger partial charge in [0.25, 0.3) is 0 Å². The van der Waals surface area contributed by atoms with E-state index in [-0.39, 0.29) is 29.1 Å². The molecular weight excluding hydrogens is 330 g/mol. The summed E-state index contributed by atoms with van der Waals surface area (Å²) >= 11 is 0. The van der Waals surface area contributed by atoms with Crippen LogP contribution in [0.15, 0.2) is 0 Å². The lowest BCUT2D eigenvalue weighted by atomic mass is 9.59. The van der Waals surface area contributed by atoms with E-state index in [4.69, 9.17) is 9.47 Å². The SMILES string of the molecule is CCC(CC)C(C)(C(=O)OC1C2CC3C1OC(=O)C3(C#N)C2)C(C)(C)C. The molecule has 0 spiro atoms. The first kappa shape index (κ1) is 19.2. The average Bonchev–Trinajstić information content (AvgIpc) is 3.16. The largest absolute Gasteiger partial charge is 0.458 e. The first-order chi connectivity index (χ1) is 12.1. The van der Waals surface area contributed by atoms with Gasteiger partial charge in [0.05, 0.1) is 11.5 Å². The number of rotatable bonds is 5. The normalized spacial score (nSPS) is 37.4. The second-order valence-electron chi connectivity index (χ2n) is 9.60. The van der Waals surface area contributed by atoms with E-state index >= 15 is 0 Å². The highest BCUT2D eigenvalue weighted by atomic mass is 16.6. The molecule has 3 aliphatic rings. The van der Waals surface area contributed by atoms with Crippen molar-refractivity contribution in [2.75, 3.05) is 0 Å². The number of fused-ring (bicyclic) bond motifs is 1. The van der Waals surface area contributed by atoms with Crippen molar-refractivity contribution in [2.45, 2.75) is 79.4 Å². The van der Waals surface area contributed by atoms with E-state index < -0.39 is 29.0 Å². The molecule has 1 heterocycles. The maximum Gasteiger partial charge on any atom is 0.327 e. The van der Waals surface area contributed by atoms with Crippen LogP contribution in [0.1, 0.15) is 67.2 Å². The molecular formula is C21H31NO4. The van der Waals surface area contributed by atoms with E-state index in [1.165, 1.54) is 0 Å². The van der Waals surface area contributed by atoms with E-state index in [1.54, 1.807) is 0 Å². The Morgan fingerprint density at radius 1 is 1.35 bits per heavy atom. The fourth-order valence-electron chi connectivity index (χ4n) is 5.72. The van der Waals surface area contributed by atoms with Gasteiger partial charge in [0.2, 0.25) is 0 Å². The fourth-order valence-corrected chi connectivity index (χ4v) is 5.72. The minimum Gasteiger partial charge on any atom is -0.458 e. The standard InChI is InChI=1S/C21H31NO4/c1-7-13(8-2)20(6,19(3,4)5)17(23)25-15-12-9-14-16(15)26-18(24)21(14,10-12)11-22/h12-16H,7-10H2,1-6H3. The molecule has 144 valence electrons. The molecule has 26 heavy (non-hydrogen) atoms. The van der Waals surface area contributed by atoms with Gasteiger partial charge in [-0.1, -0.05) is 47.5 Å². The van der Waals surface area contributed by atoms with Crippen LogP contribution in [-0.4, -0.2) is 24.1 Å². The molecule has 6 atom stereocenters. The van der Waals surface area contributed by atoms with Gasteiger partial charge in [-0.05, 0) is 31.1 Å². The van der Waals surface area contributed by atoms with E-state index in [2.05, 4.69) is 40.7 Å². The summed E-state index contributed by atoms with van der Waals surface area (Å²) in [5.41, 5.74) is -1.87. The minimum absolute atomic E-state index is 0.0472. The topological polar surface area (TPSA) is 76.4 Å². The Kier molecular flexibility index (Phi) is 4.41. The maximum atomic E-state index is 13.4. The number of esters is 2. The third-order valence-corrected chi connectivity index (χ3v) is 7.79. The molecule has 2 aliphatic carbocycles. The Labute approximate surface area is 156 Å². The van der Waals surface area contributed by atoms with Gasteiger partial charge in [-0.2, -0.15) is 5.26 Å². The second-order valence-corrected chi connectivity index (χ2v) is 9.60. The maximum absolute atomic E-state index is 13.4. The summed E-state index contributed by atoms with van der Waals surface area (Å²) in [5, 5.41) is 9.52. The zero-order valence-corrected chi connectivity index (χ0v) is 16.8. The van der Waals surface area contributed by atoms with Crippen molar-refractivity contribution in [3.05, 3.63) is 0 Å². The summed E-state index contributed by atoms with van der Waals surface area (Å²) in [6.45, 7) is 12.5. The summed E-state index contributed by atoms with van der Waals surface area (Å²) in [6.07, 6.45) is 2.16. The Hall–Kier alpha value is -1.57. The van der Waals surface area contributed by atoms with Crippen LogP contribution < -0.4 is 0 Å². The smallest absolute Gasteiger partial charge is 0.327 e. The Morgan fingerprint density at radius 2 is 1.96 bits per heavy atom. The molecule has 2 saturated carbocycles. The Bertz CT molecular complexity index is 656. The van der Waals surface area contributed by atoms with Gasteiger partial charge in [0.15, 0.2) is 5.41 Å². The molecule has 1 saturated heterocycles. The van der Waals surface area contributed by atoms with Crippen LogP contribution in [0.25, 0.3) is 0 Å². The van der Waals surface area contributed by atoms with Gasteiger partial charge in [-0.25, -0.2) is 0 Å². The molecule has 0 radical (unpaired) electrons. The first-order valence-corrected chi connectivity index (χ1v) is 9.90. The Balaban J connectivity index is 1.85. The van der Waals surface area contributed by atoms with Gasteiger partial charge in [0.1, 0.15) is 12.2 Å². The summed E-state index contributed by atoms with van der Waals surface area (Å²) in [4.78, 5) is 25.6. The van der Waals surface area contributed by atoms with Gasteiger partial charge in [-0.15, -0.1) is 0 Å². The van der Waals surface area contributed by atoms with Gasteiger partial charge in [-0.3, -0.25) is 9.59 Å². The van der Waals surface area contributed by atoms with Crippen LogP contribution in [0, 0.1) is 45.3 Å². The van der Waals surface area contributed by atoms with E-state index in [1.807, 2.05) is 6.92 Å². The number of ether oxygens (including phenoxy) is 2. The highest BCUT2D eigenvalue weighted by Crippen LogP contribution is 2.62. The molecule has 3 rings (SSSR count). The van der Waals surface area contributed by atoms with Crippen LogP contribution in [-0.2, 0) is 19.1 Å². The quantitative estimate of drug-likeness (QED) is 0.695. The minimum atomic E-state index is -0.999. The average molecular weight is 361 g/mol. The summed E-state index contributed by atoms with van der Waals surface area (Å²) in [6, 6.07) is 2.20. The lowest BCUT2D eigenvalue weighted by molar-refractivity contribution is -0.182. The molecule has 0 aromatic heterocycles. The zero-order chi connectivity index (χ0) is 19.5. The van der Waals surface area contributed by atoms with E-state index in [9.17, 15) is 14.9 Å². The van der Waals surface area contributed by atoms with Crippen LogP contribution in [0.4, 0.5) is 0 Å². The van der Waals surface area contributed by atoms with Crippen molar-refractivity contribution in [1.82, 2.24) is 0 Å². The highest BCUT2D eigenvalue weighted by molar-refractivity contribution is 5.85. The number of hydrogen-bond donors (Lipinski definition) is 0. The zero-order valence-electron chi connectivity index (χ0n) is 16.8. The molecule has 2 bridgehead atoms. The van der Waals surface area contributed by atoms with Gasteiger partial charge < -0.3 is 9.47 Å². The summed E-state index contributed by atoms with van der Waals surface area (Å²) in [5.74, 6) is -0.475. The highest BCUT2D eigenvalue weighted by Gasteiger charge is 2.72. The van der Waals surface area contributed by atoms with Gasteiger partial charge in [0, 0.05) is 11.8 Å². The van der Waals surface area contributed by atoms with Gasteiger partial charge >= 0.3 is 11.9 Å². The predicted octanol–water partition coefficient (Wildman–Crippen LogP) is 3.86. The first-order valence-electron chi connectivity index (χ1n) is 9.90. The molecule has 5 heteroatoms. The van der Waals surface area contributed by atoms with Crippen molar-refractivity contribution in [3.8, 4) is 6.07 Å². The number of nitrogens with zero attached hydrogens (tertiary/aromatic N) is 1. The lowest BCUT2D eigenvalue weighted by Crippen LogP contribution is -2.50. The molecule has 3 fully saturated rings. The fraction of sp³-hybridized carbons (Fsp3) is 0.857. The van der Waals surface area contributed by atoms with Crippen molar-refractivity contribution in [2.24, 2.45) is 34.0 Å². The molecule has 6 unspecified atom stereocenters.